The summed E-state index contributed by atoms with van der Waals surface area (Å²) in [5.41, 5.74) is 1.09. The highest BCUT2D eigenvalue weighted by molar-refractivity contribution is 9.08. The van der Waals surface area contributed by atoms with Crippen LogP contribution < -0.4 is 0 Å². The molecule has 4 heteroatoms. The maximum atomic E-state index is 11.0. The molecule has 0 atom stereocenters. The van der Waals surface area contributed by atoms with Gasteiger partial charge in [-0.15, -0.1) is 0 Å². The van der Waals surface area contributed by atoms with Gasteiger partial charge in [-0.2, -0.15) is 0 Å². The molecule has 1 aromatic rings. The summed E-state index contributed by atoms with van der Waals surface area (Å²) in [6.07, 6.45) is 0. The number of Topliss-reactive ketones (excluding diaryl/α,β-unsaturated/α-hetero) is 1. The lowest BCUT2D eigenvalue weighted by atomic mass is 10.1. The van der Waals surface area contributed by atoms with Gasteiger partial charge in [-0.3, -0.25) is 4.79 Å². The van der Waals surface area contributed by atoms with Crippen molar-refractivity contribution in [3.8, 4) is 0 Å². The van der Waals surface area contributed by atoms with E-state index in [0.717, 1.165) is 5.56 Å². The maximum Gasteiger partial charge on any atom is 0.377 e. The van der Waals surface area contributed by atoms with Gasteiger partial charge >= 0.3 is 5.97 Å². The molecule has 0 aromatic heterocycles. The number of hydrogen-bond donors (Lipinski definition) is 1. The molecule has 0 bridgehead atoms. The van der Waals surface area contributed by atoms with Crippen molar-refractivity contribution < 1.29 is 14.7 Å². The van der Waals surface area contributed by atoms with Gasteiger partial charge in [-0.25, -0.2) is 4.79 Å². The number of carbonyl (C=O) groups is 2. The van der Waals surface area contributed by atoms with Crippen LogP contribution in [0.3, 0.4) is 0 Å². The minimum atomic E-state index is -1.42. The fourth-order valence-corrected chi connectivity index (χ4v) is 1.27. The smallest absolute Gasteiger partial charge is 0.377 e. The van der Waals surface area contributed by atoms with Crippen LogP contribution >= 0.6 is 15.9 Å². The second kappa shape index (κ2) is 4.18. The average molecular weight is 243 g/mol. The zero-order valence-electron chi connectivity index (χ0n) is 6.66. The number of ketones is 1. The van der Waals surface area contributed by atoms with Crippen LogP contribution in [0, 0.1) is 0 Å². The summed E-state index contributed by atoms with van der Waals surface area (Å²) in [6, 6.07) is 6.52. The molecule has 0 aliphatic heterocycles. The first-order valence-corrected chi connectivity index (χ1v) is 4.70. The van der Waals surface area contributed by atoms with Crippen molar-refractivity contribution in [3.63, 3.8) is 0 Å². The Kier molecular flexibility index (Phi) is 3.19. The maximum absolute atomic E-state index is 11.0. The zero-order chi connectivity index (χ0) is 9.84. The Morgan fingerprint density at radius 2 is 2.08 bits per heavy atom. The van der Waals surface area contributed by atoms with Gasteiger partial charge in [0, 0.05) is 10.9 Å². The first kappa shape index (κ1) is 9.92. The Balaban J connectivity index is 3.02. The van der Waals surface area contributed by atoms with Crippen LogP contribution in [0.25, 0.3) is 0 Å². The van der Waals surface area contributed by atoms with Crippen LogP contribution in [-0.4, -0.2) is 16.9 Å². The monoisotopic (exact) mass is 242 g/mol. The van der Waals surface area contributed by atoms with Crippen LogP contribution in [0.1, 0.15) is 15.9 Å². The average Bonchev–Trinajstić information content (AvgIpc) is 2.16. The van der Waals surface area contributed by atoms with Crippen molar-refractivity contribution in [2.24, 2.45) is 0 Å². The number of benzene rings is 1. The minimum Gasteiger partial charge on any atom is -0.475 e. The Hall–Kier alpha value is -1.16. The predicted molar refractivity (Wildman–Crippen MR) is 51.0 cm³/mol. The minimum absolute atomic E-state index is 0.212. The van der Waals surface area contributed by atoms with Gasteiger partial charge in [0.15, 0.2) is 0 Å². The van der Waals surface area contributed by atoms with Crippen molar-refractivity contribution >= 4 is 27.7 Å². The molecule has 13 heavy (non-hydrogen) atoms. The summed E-state index contributed by atoms with van der Waals surface area (Å²) in [7, 11) is 0. The van der Waals surface area contributed by atoms with E-state index >= 15 is 0 Å². The van der Waals surface area contributed by atoms with Crippen LogP contribution in [0.4, 0.5) is 0 Å². The Bertz CT molecular complexity index is 346. The second-order valence-electron chi connectivity index (χ2n) is 2.47. The number of aliphatic carboxylic acids is 1. The number of halogens is 1. The highest BCUT2D eigenvalue weighted by atomic mass is 79.9. The van der Waals surface area contributed by atoms with E-state index in [0.29, 0.717) is 5.33 Å². The first-order valence-electron chi connectivity index (χ1n) is 3.57. The summed E-state index contributed by atoms with van der Waals surface area (Å²) in [5.74, 6) is -2.30. The molecule has 1 aromatic carbocycles. The molecule has 0 radical (unpaired) electrons. The van der Waals surface area contributed by atoms with Crippen LogP contribution in [0.2, 0.25) is 0 Å². The standard InChI is InChI=1S/C9H7BrO3/c10-5-6-2-1-3-7(4-6)8(11)9(12)13/h1-4H,5H2,(H,12,13). The molecule has 0 saturated heterocycles. The summed E-state index contributed by atoms with van der Waals surface area (Å²) < 4.78 is 0. The molecule has 0 unspecified atom stereocenters. The first-order chi connectivity index (χ1) is 6.15. The zero-order valence-corrected chi connectivity index (χ0v) is 8.24. The van der Waals surface area contributed by atoms with E-state index in [1.165, 1.54) is 6.07 Å². The third-order valence-corrected chi connectivity index (χ3v) is 2.19. The van der Waals surface area contributed by atoms with Crippen LogP contribution in [0.15, 0.2) is 24.3 Å². The Labute approximate surface area is 83.5 Å². The lowest BCUT2D eigenvalue weighted by Crippen LogP contribution is -2.12. The van der Waals surface area contributed by atoms with Gasteiger partial charge in [-0.1, -0.05) is 34.1 Å². The van der Waals surface area contributed by atoms with Crippen molar-refractivity contribution in [3.05, 3.63) is 35.4 Å². The molecule has 1 N–H and O–H groups in total. The number of carboxylic acid groups (broad SMARTS) is 1. The van der Waals surface area contributed by atoms with Crippen molar-refractivity contribution in [2.75, 3.05) is 0 Å². The van der Waals surface area contributed by atoms with Gasteiger partial charge in [0.2, 0.25) is 0 Å². The lowest BCUT2D eigenvalue weighted by molar-refractivity contribution is -0.131. The number of hydrogen-bond acceptors (Lipinski definition) is 2. The highest BCUT2D eigenvalue weighted by Crippen LogP contribution is 2.09. The lowest BCUT2D eigenvalue weighted by Gasteiger charge is -1.98. The van der Waals surface area contributed by atoms with E-state index in [2.05, 4.69) is 15.9 Å². The molecule has 68 valence electrons. The summed E-state index contributed by atoms with van der Waals surface area (Å²) in [4.78, 5) is 21.3. The third kappa shape index (κ3) is 2.39. The normalized spacial score (nSPS) is 9.62. The van der Waals surface area contributed by atoms with E-state index in [1.807, 2.05) is 6.07 Å². The van der Waals surface area contributed by atoms with E-state index in [9.17, 15) is 9.59 Å². The number of carboxylic acids is 1. The van der Waals surface area contributed by atoms with Crippen molar-refractivity contribution in [1.29, 1.82) is 0 Å². The van der Waals surface area contributed by atoms with Gasteiger partial charge < -0.3 is 5.11 Å². The largest absolute Gasteiger partial charge is 0.475 e. The van der Waals surface area contributed by atoms with E-state index in [1.54, 1.807) is 12.1 Å². The predicted octanol–water partition coefficient (Wildman–Crippen LogP) is 1.85. The topological polar surface area (TPSA) is 54.4 Å². The fourth-order valence-electron chi connectivity index (χ4n) is 0.919. The second-order valence-corrected chi connectivity index (χ2v) is 3.03. The molecule has 0 aliphatic carbocycles. The van der Waals surface area contributed by atoms with Gasteiger partial charge in [0.1, 0.15) is 0 Å². The van der Waals surface area contributed by atoms with E-state index in [-0.39, 0.29) is 5.56 Å². The molecule has 0 heterocycles. The third-order valence-electron chi connectivity index (χ3n) is 1.54. The van der Waals surface area contributed by atoms with Crippen molar-refractivity contribution in [1.82, 2.24) is 0 Å². The summed E-state index contributed by atoms with van der Waals surface area (Å²) in [6.45, 7) is 0. The van der Waals surface area contributed by atoms with Gasteiger partial charge in [0.05, 0.1) is 0 Å². The van der Waals surface area contributed by atoms with Crippen LogP contribution in [-0.2, 0) is 10.1 Å². The molecular weight excluding hydrogens is 236 g/mol. The molecule has 1 rings (SSSR count). The number of alkyl halides is 1. The SMILES string of the molecule is O=C(O)C(=O)c1cccc(CBr)c1. The van der Waals surface area contributed by atoms with Gasteiger partial charge in [-0.05, 0) is 11.6 Å². The summed E-state index contributed by atoms with van der Waals surface area (Å²) in [5, 5.41) is 9.04. The van der Waals surface area contributed by atoms with E-state index in [4.69, 9.17) is 5.11 Å². The molecule has 0 amide bonds. The molecule has 0 spiro atoms. The quantitative estimate of drug-likeness (QED) is 0.500. The van der Waals surface area contributed by atoms with Crippen molar-refractivity contribution in [2.45, 2.75) is 5.33 Å². The van der Waals surface area contributed by atoms with Gasteiger partial charge in [0.25, 0.3) is 5.78 Å². The fraction of sp³-hybridized carbons (Fsp3) is 0.111. The summed E-state index contributed by atoms with van der Waals surface area (Å²) >= 11 is 3.22. The number of rotatable bonds is 3. The molecule has 0 fully saturated rings. The highest BCUT2D eigenvalue weighted by Gasteiger charge is 2.13. The Morgan fingerprint density at radius 3 is 2.62 bits per heavy atom. The number of carbonyl (C=O) groups excluding carboxylic acids is 1. The van der Waals surface area contributed by atoms with E-state index < -0.39 is 11.8 Å². The van der Waals surface area contributed by atoms with Crippen LogP contribution in [0.5, 0.6) is 0 Å². The molecule has 0 saturated carbocycles. The Morgan fingerprint density at radius 1 is 1.38 bits per heavy atom. The molecular formula is C9H7BrO3. The molecule has 0 aliphatic rings. The molecule has 3 nitrogen and oxygen atoms in total.